The van der Waals surface area contributed by atoms with Crippen molar-refractivity contribution in [3.05, 3.63) is 48.6 Å². The van der Waals surface area contributed by atoms with Crippen molar-refractivity contribution in [2.24, 2.45) is 0 Å². The highest BCUT2D eigenvalue weighted by Gasteiger charge is 2.25. The maximum absolute atomic E-state index is 12.5. The van der Waals surface area contributed by atoms with E-state index in [-0.39, 0.29) is 10.8 Å². The van der Waals surface area contributed by atoms with E-state index in [0.717, 1.165) is 5.56 Å². The zero-order valence-corrected chi connectivity index (χ0v) is 13.6. The van der Waals surface area contributed by atoms with Gasteiger partial charge in [0.2, 0.25) is 15.9 Å². The first kappa shape index (κ1) is 17.4. The maximum Gasteiger partial charge on any atom is 0.244 e. The quantitative estimate of drug-likeness (QED) is 0.622. The number of carbonyl (C=O) groups is 1. The van der Waals surface area contributed by atoms with Gasteiger partial charge in [0.1, 0.15) is 0 Å². The van der Waals surface area contributed by atoms with Crippen LogP contribution >= 0.6 is 0 Å². The monoisotopic (exact) mass is 336 g/mol. The van der Waals surface area contributed by atoms with Crippen molar-refractivity contribution in [1.29, 1.82) is 0 Å². The number of nitrogens with one attached hydrogen (secondary N) is 1. The third-order valence-electron chi connectivity index (χ3n) is 3.34. The van der Waals surface area contributed by atoms with Gasteiger partial charge in [-0.3, -0.25) is 4.79 Å². The predicted octanol–water partition coefficient (Wildman–Crippen LogP) is 1.02. The molecule has 0 atom stereocenters. The smallest absolute Gasteiger partial charge is 0.244 e. The summed E-state index contributed by atoms with van der Waals surface area (Å²) in [6, 6.07) is 6.44. The van der Waals surface area contributed by atoms with Gasteiger partial charge in [-0.2, -0.15) is 4.31 Å². The van der Waals surface area contributed by atoms with Gasteiger partial charge < -0.3 is 10.1 Å². The fourth-order valence-electron chi connectivity index (χ4n) is 2.09. The third-order valence-corrected chi connectivity index (χ3v) is 5.25. The van der Waals surface area contributed by atoms with Crippen LogP contribution in [-0.4, -0.2) is 51.5 Å². The lowest BCUT2D eigenvalue weighted by Gasteiger charge is -2.26. The summed E-state index contributed by atoms with van der Waals surface area (Å²) in [4.78, 5) is 11.7. The minimum atomic E-state index is -3.48. The zero-order chi connectivity index (χ0) is 16.7. The van der Waals surface area contributed by atoms with Crippen molar-refractivity contribution >= 4 is 22.0 Å². The van der Waals surface area contributed by atoms with Crippen molar-refractivity contribution < 1.29 is 17.9 Å². The SMILES string of the molecule is C=CCNC(=O)/C=C/c1ccc(S(=O)(=O)N2CCOCC2)cc1. The molecule has 1 amide bonds. The highest BCUT2D eigenvalue weighted by Crippen LogP contribution is 2.18. The molecule has 0 unspecified atom stereocenters. The van der Waals surface area contributed by atoms with Gasteiger partial charge in [-0.25, -0.2) is 8.42 Å². The topological polar surface area (TPSA) is 75.7 Å². The summed E-state index contributed by atoms with van der Waals surface area (Å²) < 4.78 is 31.5. The van der Waals surface area contributed by atoms with E-state index in [4.69, 9.17) is 4.74 Å². The van der Waals surface area contributed by atoms with Gasteiger partial charge in [-0.15, -0.1) is 6.58 Å². The van der Waals surface area contributed by atoms with E-state index in [1.54, 1.807) is 36.4 Å². The van der Waals surface area contributed by atoms with Crippen LogP contribution in [0, 0.1) is 0 Å². The molecular weight excluding hydrogens is 316 g/mol. The number of amides is 1. The fourth-order valence-corrected chi connectivity index (χ4v) is 3.50. The largest absolute Gasteiger partial charge is 0.379 e. The van der Waals surface area contributed by atoms with E-state index >= 15 is 0 Å². The average molecular weight is 336 g/mol. The summed E-state index contributed by atoms with van der Waals surface area (Å²) in [6.45, 7) is 5.49. The molecule has 1 aromatic carbocycles. The lowest BCUT2D eigenvalue weighted by molar-refractivity contribution is -0.116. The number of benzene rings is 1. The molecule has 1 aliphatic heterocycles. The lowest BCUT2D eigenvalue weighted by atomic mass is 10.2. The third kappa shape index (κ3) is 4.75. The van der Waals surface area contributed by atoms with E-state index < -0.39 is 10.0 Å². The molecule has 1 N–H and O–H groups in total. The van der Waals surface area contributed by atoms with Gasteiger partial charge in [-0.1, -0.05) is 18.2 Å². The number of rotatable bonds is 6. The Balaban J connectivity index is 2.05. The second kappa shape index (κ2) is 8.05. The molecule has 1 aromatic rings. The van der Waals surface area contributed by atoms with Crippen molar-refractivity contribution in [3.63, 3.8) is 0 Å². The molecule has 0 aliphatic carbocycles. The first-order valence-electron chi connectivity index (χ1n) is 7.29. The summed E-state index contributed by atoms with van der Waals surface area (Å²) >= 11 is 0. The molecule has 7 heteroatoms. The summed E-state index contributed by atoms with van der Waals surface area (Å²) in [6.07, 6.45) is 4.62. The summed E-state index contributed by atoms with van der Waals surface area (Å²) in [5.41, 5.74) is 0.750. The van der Waals surface area contributed by atoms with E-state index in [2.05, 4.69) is 11.9 Å². The van der Waals surface area contributed by atoms with Gasteiger partial charge in [0.15, 0.2) is 0 Å². The average Bonchev–Trinajstić information content (AvgIpc) is 2.59. The molecule has 6 nitrogen and oxygen atoms in total. The number of hydrogen-bond acceptors (Lipinski definition) is 4. The maximum atomic E-state index is 12.5. The molecular formula is C16H20N2O4S. The first-order chi connectivity index (χ1) is 11.0. The van der Waals surface area contributed by atoms with E-state index in [1.807, 2.05) is 0 Å². The minimum Gasteiger partial charge on any atom is -0.379 e. The number of ether oxygens (including phenoxy) is 1. The van der Waals surface area contributed by atoms with Gasteiger partial charge in [0.25, 0.3) is 0 Å². The van der Waals surface area contributed by atoms with Gasteiger partial charge >= 0.3 is 0 Å². The Kier molecular flexibility index (Phi) is 6.09. The molecule has 1 aliphatic rings. The van der Waals surface area contributed by atoms with Crippen LogP contribution < -0.4 is 5.32 Å². The lowest BCUT2D eigenvalue weighted by Crippen LogP contribution is -2.40. The Labute approximate surface area is 136 Å². The summed E-state index contributed by atoms with van der Waals surface area (Å²) in [5.74, 6) is -0.227. The molecule has 124 valence electrons. The second-order valence-corrected chi connectivity index (χ2v) is 6.89. The Hall–Kier alpha value is -1.96. The molecule has 0 spiro atoms. The van der Waals surface area contributed by atoms with Crippen LogP contribution in [0.4, 0.5) is 0 Å². The Morgan fingerprint density at radius 3 is 2.52 bits per heavy atom. The van der Waals surface area contributed by atoms with Crippen molar-refractivity contribution in [3.8, 4) is 0 Å². The Bertz CT molecular complexity index is 675. The van der Waals surface area contributed by atoms with Crippen LogP contribution in [0.2, 0.25) is 0 Å². The first-order valence-corrected chi connectivity index (χ1v) is 8.73. The van der Waals surface area contributed by atoms with Crippen molar-refractivity contribution in [2.45, 2.75) is 4.90 Å². The van der Waals surface area contributed by atoms with Gasteiger partial charge in [-0.05, 0) is 23.8 Å². The summed E-state index contributed by atoms with van der Waals surface area (Å²) in [5, 5.41) is 2.62. The highest BCUT2D eigenvalue weighted by molar-refractivity contribution is 7.89. The fraction of sp³-hybridized carbons (Fsp3) is 0.312. The number of sulfonamides is 1. The standard InChI is InChI=1S/C16H20N2O4S/c1-2-9-17-16(19)8-5-14-3-6-15(7-4-14)23(20,21)18-10-12-22-13-11-18/h2-8H,1,9-13H2,(H,17,19)/b8-5+. The van der Waals surface area contributed by atoms with Crippen LogP contribution in [-0.2, 0) is 19.6 Å². The second-order valence-electron chi connectivity index (χ2n) is 4.95. The molecule has 0 aromatic heterocycles. The van der Waals surface area contributed by atoms with Gasteiger partial charge in [0.05, 0.1) is 18.1 Å². The molecule has 1 heterocycles. The van der Waals surface area contributed by atoms with E-state index in [9.17, 15) is 13.2 Å². The molecule has 0 radical (unpaired) electrons. The predicted molar refractivity (Wildman–Crippen MR) is 88.3 cm³/mol. The molecule has 1 saturated heterocycles. The zero-order valence-electron chi connectivity index (χ0n) is 12.8. The number of hydrogen-bond donors (Lipinski definition) is 1. The van der Waals surface area contributed by atoms with Crippen molar-refractivity contribution in [2.75, 3.05) is 32.8 Å². The highest BCUT2D eigenvalue weighted by atomic mass is 32.2. The Morgan fingerprint density at radius 1 is 1.26 bits per heavy atom. The normalized spacial score (nSPS) is 16.3. The van der Waals surface area contributed by atoms with Gasteiger partial charge in [0, 0.05) is 25.7 Å². The molecule has 1 fully saturated rings. The van der Waals surface area contributed by atoms with Crippen LogP contribution in [0.25, 0.3) is 6.08 Å². The number of carbonyl (C=O) groups excluding carboxylic acids is 1. The number of morpholine rings is 1. The van der Waals surface area contributed by atoms with Crippen LogP contribution in [0.15, 0.2) is 47.9 Å². The van der Waals surface area contributed by atoms with Crippen molar-refractivity contribution in [1.82, 2.24) is 9.62 Å². The summed E-state index contributed by atoms with van der Waals surface area (Å²) in [7, 11) is -3.48. The number of nitrogens with zero attached hydrogens (tertiary/aromatic N) is 1. The van der Waals surface area contributed by atoms with Crippen LogP contribution in [0.3, 0.4) is 0 Å². The Morgan fingerprint density at radius 2 is 1.91 bits per heavy atom. The minimum absolute atomic E-state index is 0.227. The molecule has 0 bridgehead atoms. The van der Waals surface area contributed by atoms with E-state index in [0.29, 0.717) is 32.8 Å². The van der Waals surface area contributed by atoms with Crippen LogP contribution in [0.5, 0.6) is 0 Å². The molecule has 23 heavy (non-hydrogen) atoms. The van der Waals surface area contributed by atoms with Crippen LogP contribution in [0.1, 0.15) is 5.56 Å². The molecule has 0 saturated carbocycles. The molecule has 2 rings (SSSR count). The van der Waals surface area contributed by atoms with E-state index in [1.165, 1.54) is 10.4 Å².